The molecule has 1 atom stereocenters. The van der Waals surface area contributed by atoms with E-state index >= 15 is 0 Å². The second kappa shape index (κ2) is 7.01. The monoisotopic (exact) mass is 344 g/mol. The van der Waals surface area contributed by atoms with E-state index in [1.807, 2.05) is 6.08 Å². The summed E-state index contributed by atoms with van der Waals surface area (Å²) in [6.07, 6.45) is 5.72. The summed E-state index contributed by atoms with van der Waals surface area (Å²) in [5.74, 6) is 0. The van der Waals surface area contributed by atoms with Crippen LogP contribution in [0.4, 0.5) is 0 Å². The first-order valence-corrected chi connectivity index (χ1v) is 8.51. The SMILES string of the molecule is C=CCCC1C/C(=C/[Te]c2ccccc2)CO1. The van der Waals surface area contributed by atoms with Gasteiger partial charge in [0.05, 0.1) is 0 Å². The first-order valence-electron chi connectivity index (χ1n) is 6.00. The van der Waals surface area contributed by atoms with Crippen molar-refractivity contribution in [2.75, 3.05) is 6.61 Å². The Morgan fingerprint density at radius 1 is 1.35 bits per heavy atom. The Kier molecular flexibility index (Phi) is 5.32. The van der Waals surface area contributed by atoms with Gasteiger partial charge < -0.3 is 0 Å². The molecule has 0 aromatic heterocycles. The molecule has 0 N–H and O–H groups in total. The molecule has 0 amide bonds. The molecule has 1 aromatic carbocycles. The van der Waals surface area contributed by atoms with Gasteiger partial charge in [-0.05, 0) is 0 Å². The van der Waals surface area contributed by atoms with Gasteiger partial charge in [0, 0.05) is 0 Å². The molecule has 0 aliphatic carbocycles. The van der Waals surface area contributed by atoms with Gasteiger partial charge in [-0.3, -0.25) is 0 Å². The summed E-state index contributed by atoms with van der Waals surface area (Å²) in [7, 11) is 0. The van der Waals surface area contributed by atoms with Gasteiger partial charge in [-0.25, -0.2) is 0 Å². The van der Waals surface area contributed by atoms with Crippen LogP contribution in [0.5, 0.6) is 0 Å². The molecule has 0 saturated carbocycles. The van der Waals surface area contributed by atoms with Gasteiger partial charge in [-0.2, -0.15) is 0 Å². The van der Waals surface area contributed by atoms with E-state index in [1.165, 1.54) is 9.18 Å². The van der Waals surface area contributed by atoms with Gasteiger partial charge in [0.1, 0.15) is 0 Å². The van der Waals surface area contributed by atoms with Crippen LogP contribution in [0.3, 0.4) is 0 Å². The third-order valence-electron chi connectivity index (χ3n) is 2.79. The number of hydrogen-bond donors (Lipinski definition) is 0. The van der Waals surface area contributed by atoms with Crippen molar-refractivity contribution in [2.45, 2.75) is 25.4 Å². The van der Waals surface area contributed by atoms with Gasteiger partial charge in [-0.15, -0.1) is 0 Å². The van der Waals surface area contributed by atoms with Crippen LogP contribution in [0.1, 0.15) is 19.3 Å². The molecular formula is C15H18OTe. The Morgan fingerprint density at radius 3 is 2.94 bits per heavy atom. The van der Waals surface area contributed by atoms with Crippen molar-refractivity contribution >= 4 is 24.5 Å². The minimum absolute atomic E-state index is 0.164. The average molecular weight is 342 g/mol. The fourth-order valence-corrected chi connectivity index (χ4v) is 4.09. The van der Waals surface area contributed by atoms with E-state index in [-0.39, 0.29) is 20.9 Å². The molecule has 1 fully saturated rings. The zero-order valence-electron chi connectivity index (χ0n) is 9.97. The molecule has 1 nitrogen and oxygen atoms in total. The van der Waals surface area contributed by atoms with E-state index in [1.54, 1.807) is 0 Å². The first kappa shape index (κ1) is 12.9. The molecule has 1 unspecified atom stereocenters. The van der Waals surface area contributed by atoms with Crippen molar-refractivity contribution in [2.24, 2.45) is 0 Å². The summed E-state index contributed by atoms with van der Waals surface area (Å²) in [4.78, 5) is 0. The summed E-state index contributed by atoms with van der Waals surface area (Å²) in [6, 6.07) is 10.8. The fraction of sp³-hybridized carbons (Fsp3) is 0.333. The molecule has 0 radical (unpaired) electrons. The van der Waals surface area contributed by atoms with Crippen molar-refractivity contribution < 1.29 is 4.74 Å². The Hall–Kier alpha value is -0.550. The normalized spacial score (nSPS) is 21.9. The van der Waals surface area contributed by atoms with E-state index in [2.05, 4.69) is 41.0 Å². The van der Waals surface area contributed by atoms with Gasteiger partial charge in [0.25, 0.3) is 0 Å². The second-order valence-corrected chi connectivity index (χ2v) is 6.90. The number of ether oxygens (including phenoxy) is 1. The van der Waals surface area contributed by atoms with Gasteiger partial charge in [0.15, 0.2) is 0 Å². The summed E-state index contributed by atoms with van der Waals surface area (Å²) >= 11 is -0.164. The Labute approximate surface area is 114 Å². The Bertz CT molecular complexity index is 383. The molecule has 17 heavy (non-hydrogen) atoms. The van der Waals surface area contributed by atoms with E-state index in [4.69, 9.17) is 4.74 Å². The molecule has 0 spiro atoms. The third kappa shape index (κ3) is 4.31. The number of benzene rings is 1. The van der Waals surface area contributed by atoms with E-state index in [9.17, 15) is 0 Å². The van der Waals surface area contributed by atoms with Crippen LogP contribution in [0.25, 0.3) is 0 Å². The molecule has 90 valence electrons. The Morgan fingerprint density at radius 2 is 2.18 bits per heavy atom. The summed E-state index contributed by atoms with van der Waals surface area (Å²) < 4.78 is 9.71. The fourth-order valence-electron chi connectivity index (χ4n) is 1.86. The average Bonchev–Trinajstić information content (AvgIpc) is 2.83. The maximum atomic E-state index is 5.76. The van der Waals surface area contributed by atoms with Crippen LogP contribution < -0.4 is 3.61 Å². The van der Waals surface area contributed by atoms with Crippen molar-refractivity contribution in [3.63, 3.8) is 0 Å². The van der Waals surface area contributed by atoms with Crippen LogP contribution in [-0.2, 0) is 4.74 Å². The number of hydrogen-bond acceptors (Lipinski definition) is 1. The van der Waals surface area contributed by atoms with Crippen LogP contribution in [0.15, 0.2) is 52.7 Å². The predicted molar refractivity (Wildman–Crippen MR) is 73.7 cm³/mol. The molecule has 1 aromatic rings. The van der Waals surface area contributed by atoms with Gasteiger partial charge in [-0.1, -0.05) is 0 Å². The van der Waals surface area contributed by atoms with Crippen molar-refractivity contribution in [1.29, 1.82) is 0 Å². The molecule has 1 saturated heterocycles. The summed E-state index contributed by atoms with van der Waals surface area (Å²) in [6.45, 7) is 4.60. The zero-order chi connectivity index (χ0) is 11.9. The number of allylic oxidation sites excluding steroid dienone is 1. The Balaban J connectivity index is 1.82. The standard InChI is InChI=1S/C15H18OTe/c1-2-3-7-14-10-13(11-16-14)12-17-15-8-5-4-6-9-15/h2,4-6,8-9,12,14H,1,3,7,10-11H2/b13-12-. The quantitative estimate of drug-likeness (QED) is 0.591. The van der Waals surface area contributed by atoms with Crippen molar-refractivity contribution in [3.05, 3.63) is 52.7 Å². The summed E-state index contributed by atoms with van der Waals surface area (Å²) in [5.41, 5.74) is 1.50. The molecule has 0 bridgehead atoms. The van der Waals surface area contributed by atoms with Crippen LogP contribution >= 0.6 is 0 Å². The number of rotatable bonds is 5. The van der Waals surface area contributed by atoms with E-state index in [0.29, 0.717) is 6.10 Å². The van der Waals surface area contributed by atoms with Crippen LogP contribution in [0, 0.1) is 0 Å². The third-order valence-corrected chi connectivity index (χ3v) is 5.63. The van der Waals surface area contributed by atoms with Crippen molar-refractivity contribution in [1.82, 2.24) is 0 Å². The first-order chi connectivity index (χ1) is 8.38. The topological polar surface area (TPSA) is 9.23 Å². The van der Waals surface area contributed by atoms with Crippen LogP contribution in [0.2, 0.25) is 0 Å². The van der Waals surface area contributed by atoms with Crippen LogP contribution in [-0.4, -0.2) is 33.6 Å². The van der Waals surface area contributed by atoms with Crippen molar-refractivity contribution in [3.8, 4) is 0 Å². The van der Waals surface area contributed by atoms with Gasteiger partial charge in [0.2, 0.25) is 0 Å². The van der Waals surface area contributed by atoms with E-state index < -0.39 is 0 Å². The second-order valence-electron chi connectivity index (χ2n) is 4.21. The molecule has 1 aliphatic heterocycles. The predicted octanol–water partition coefficient (Wildman–Crippen LogP) is 2.66. The maximum absolute atomic E-state index is 5.76. The molecule has 1 aliphatic rings. The van der Waals surface area contributed by atoms with Gasteiger partial charge >= 0.3 is 114 Å². The molecule has 1 heterocycles. The molecule has 2 heteroatoms. The van der Waals surface area contributed by atoms with E-state index in [0.717, 1.165) is 25.9 Å². The molecule has 2 rings (SSSR count). The summed E-state index contributed by atoms with van der Waals surface area (Å²) in [5, 5.41) is 0. The minimum atomic E-state index is -0.164. The zero-order valence-corrected chi connectivity index (χ0v) is 12.3. The molecular weight excluding hydrogens is 324 g/mol.